The van der Waals surface area contributed by atoms with Crippen LogP contribution in [0.2, 0.25) is 0 Å². The van der Waals surface area contributed by atoms with Crippen LogP contribution in [0.3, 0.4) is 0 Å². The Bertz CT molecular complexity index is 799. The summed E-state index contributed by atoms with van der Waals surface area (Å²) in [5, 5.41) is 0. The number of carbonyl (C=O) groups excluding carboxylic acids is 1. The van der Waals surface area contributed by atoms with Gasteiger partial charge in [-0.05, 0) is 30.5 Å². The standard InChI is InChI=1S/C23H27N3O2/c27-22-19-23(10-15-25(16-11-23)21-8-12-24-13-9-21)28-18-17-26(22)14-4-7-20-5-2-1-3-6-20/h1-9,12-13H,10-11,14-19H2/b7-4+. The fourth-order valence-corrected chi connectivity index (χ4v) is 4.06. The van der Waals surface area contributed by atoms with Crippen molar-refractivity contribution in [3.63, 3.8) is 0 Å². The Balaban J connectivity index is 1.34. The largest absolute Gasteiger partial charge is 0.372 e. The Morgan fingerprint density at radius 3 is 2.54 bits per heavy atom. The van der Waals surface area contributed by atoms with Gasteiger partial charge >= 0.3 is 0 Å². The van der Waals surface area contributed by atoms with E-state index in [9.17, 15) is 4.79 Å². The number of rotatable bonds is 4. The monoisotopic (exact) mass is 377 g/mol. The fraction of sp³-hybridized carbons (Fsp3) is 0.391. The fourth-order valence-electron chi connectivity index (χ4n) is 4.06. The predicted octanol–water partition coefficient (Wildman–Crippen LogP) is 3.38. The topological polar surface area (TPSA) is 45.7 Å². The number of hydrogen-bond acceptors (Lipinski definition) is 4. The first kappa shape index (κ1) is 18.7. The number of piperidine rings is 1. The zero-order valence-electron chi connectivity index (χ0n) is 16.2. The Morgan fingerprint density at radius 1 is 1.04 bits per heavy atom. The molecule has 0 N–H and O–H groups in total. The average Bonchev–Trinajstić information content (AvgIpc) is 2.89. The lowest BCUT2D eigenvalue weighted by molar-refractivity contribution is -0.133. The highest BCUT2D eigenvalue weighted by molar-refractivity contribution is 5.78. The molecule has 5 heteroatoms. The van der Waals surface area contributed by atoms with Crippen molar-refractivity contribution >= 4 is 17.7 Å². The van der Waals surface area contributed by atoms with Crippen molar-refractivity contribution in [1.82, 2.24) is 9.88 Å². The molecule has 0 saturated carbocycles. The van der Waals surface area contributed by atoms with E-state index in [4.69, 9.17) is 4.74 Å². The molecule has 1 aromatic carbocycles. The van der Waals surface area contributed by atoms with Gasteiger partial charge in [0.2, 0.25) is 5.91 Å². The molecule has 3 heterocycles. The molecule has 0 aliphatic carbocycles. The number of nitrogens with zero attached hydrogens (tertiary/aromatic N) is 3. The maximum Gasteiger partial charge on any atom is 0.225 e. The second-order valence-electron chi connectivity index (χ2n) is 7.55. The molecule has 1 aromatic heterocycles. The Kier molecular flexibility index (Phi) is 5.72. The normalized spacial score (nSPS) is 19.9. The van der Waals surface area contributed by atoms with E-state index in [0.29, 0.717) is 26.1 Å². The van der Waals surface area contributed by atoms with Crippen molar-refractivity contribution in [2.24, 2.45) is 0 Å². The summed E-state index contributed by atoms with van der Waals surface area (Å²) >= 11 is 0. The van der Waals surface area contributed by atoms with Crippen LogP contribution < -0.4 is 4.90 Å². The number of aromatic nitrogens is 1. The van der Waals surface area contributed by atoms with Crippen molar-refractivity contribution in [2.45, 2.75) is 24.9 Å². The Morgan fingerprint density at radius 2 is 1.79 bits per heavy atom. The Labute approximate surface area is 166 Å². The zero-order chi connectivity index (χ0) is 19.2. The summed E-state index contributed by atoms with van der Waals surface area (Å²) in [7, 11) is 0. The van der Waals surface area contributed by atoms with E-state index in [-0.39, 0.29) is 11.5 Å². The minimum absolute atomic E-state index is 0.201. The molecule has 0 unspecified atom stereocenters. The van der Waals surface area contributed by atoms with E-state index in [1.807, 2.05) is 47.6 Å². The van der Waals surface area contributed by atoms with Gasteiger partial charge in [0.25, 0.3) is 0 Å². The molecule has 0 atom stereocenters. The van der Waals surface area contributed by atoms with Gasteiger partial charge in [0.1, 0.15) is 0 Å². The molecule has 1 amide bonds. The molecule has 28 heavy (non-hydrogen) atoms. The van der Waals surface area contributed by atoms with Crippen molar-refractivity contribution < 1.29 is 9.53 Å². The predicted molar refractivity (Wildman–Crippen MR) is 111 cm³/mol. The summed E-state index contributed by atoms with van der Waals surface area (Å²) in [6.07, 6.45) is 10.0. The number of ether oxygens (including phenoxy) is 1. The summed E-state index contributed by atoms with van der Waals surface area (Å²) in [5.41, 5.74) is 2.04. The lowest BCUT2D eigenvalue weighted by Gasteiger charge is -2.41. The van der Waals surface area contributed by atoms with Crippen LogP contribution in [0.25, 0.3) is 6.08 Å². The second kappa shape index (κ2) is 8.57. The van der Waals surface area contributed by atoms with Crippen LogP contribution in [0.1, 0.15) is 24.8 Å². The van der Waals surface area contributed by atoms with Gasteiger partial charge in [-0.3, -0.25) is 9.78 Å². The molecule has 0 radical (unpaired) electrons. The molecule has 0 bridgehead atoms. The summed E-state index contributed by atoms with van der Waals surface area (Å²) in [6, 6.07) is 14.3. The first-order valence-electron chi connectivity index (χ1n) is 10.0. The lowest BCUT2D eigenvalue weighted by Crippen LogP contribution is -2.47. The van der Waals surface area contributed by atoms with Gasteiger partial charge < -0.3 is 14.5 Å². The highest BCUT2D eigenvalue weighted by Crippen LogP contribution is 2.33. The molecule has 5 nitrogen and oxygen atoms in total. The van der Waals surface area contributed by atoms with Crippen LogP contribution in [0, 0.1) is 0 Å². The summed E-state index contributed by atoms with van der Waals surface area (Å²) in [4.78, 5) is 21.2. The van der Waals surface area contributed by atoms with E-state index in [0.717, 1.165) is 31.5 Å². The number of hydrogen-bond donors (Lipinski definition) is 0. The van der Waals surface area contributed by atoms with Crippen LogP contribution in [0.5, 0.6) is 0 Å². The smallest absolute Gasteiger partial charge is 0.225 e. The number of amides is 1. The van der Waals surface area contributed by atoms with Gasteiger partial charge in [-0.2, -0.15) is 0 Å². The summed E-state index contributed by atoms with van der Waals surface area (Å²) in [6.45, 7) is 3.72. The highest BCUT2D eigenvalue weighted by Gasteiger charge is 2.40. The van der Waals surface area contributed by atoms with Crippen molar-refractivity contribution in [1.29, 1.82) is 0 Å². The Hall–Kier alpha value is -2.66. The first-order valence-corrected chi connectivity index (χ1v) is 10.0. The maximum absolute atomic E-state index is 12.9. The van der Waals surface area contributed by atoms with E-state index in [1.54, 1.807) is 0 Å². The van der Waals surface area contributed by atoms with Gasteiger partial charge in [-0.1, -0.05) is 42.5 Å². The van der Waals surface area contributed by atoms with Gasteiger partial charge in [0.05, 0.1) is 18.6 Å². The number of anilines is 1. The molecular formula is C23H27N3O2. The molecule has 4 rings (SSSR count). The van der Waals surface area contributed by atoms with Crippen LogP contribution in [-0.4, -0.2) is 54.2 Å². The molecule has 2 saturated heterocycles. The van der Waals surface area contributed by atoms with Gasteiger partial charge in [0, 0.05) is 44.3 Å². The van der Waals surface area contributed by atoms with E-state index >= 15 is 0 Å². The average molecular weight is 377 g/mol. The zero-order valence-corrected chi connectivity index (χ0v) is 16.2. The van der Waals surface area contributed by atoms with E-state index in [1.165, 1.54) is 5.69 Å². The minimum atomic E-state index is -0.307. The van der Waals surface area contributed by atoms with Crippen molar-refractivity contribution in [3.05, 3.63) is 66.5 Å². The molecule has 1 spiro atoms. The van der Waals surface area contributed by atoms with Crippen molar-refractivity contribution in [2.75, 3.05) is 37.7 Å². The van der Waals surface area contributed by atoms with Crippen LogP contribution in [-0.2, 0) is 9.53 Å². The first-order chi connectivity index (χ1) is 13.7. The third-order valence-corrected chi connectivity index (χ3v) is 5.73. The number of pyridine rings is 1. The van der Waals surface area contributed by atoms with Gasteiger partial charge in [-0.25, -0.2) is 0 Å². The second-order valence-corrected chi connectivity index (χ2v) is 7.55. The summed E-state index contributed by atoms with van der Waals surface area (Å²) < 4.78 is 6.26. The van der Waals surface area contributed by atoms with Gasteiger partial charge in [-0.15, -0.1) is 0 Å². The quantitative estimate of drug-likeness (QED) is 0.819. The molecule has 146 valence electrons. The molecule has 2 aliphatic heterocycles. The van der Waals surface area contributed by atoms with Crippen LogP contribution in [0.4, 0.5) is 5.69 Å². The van der Waals surface area contributed by atoms with E-state index in [2.05, 4.69) is 34.2 Å². The van der Waals surface area contributed by atoms with Crippen LogP contribution >= 0.6 is 0 Å². The molecule has 2 fully saturated rings. The maximum atomic E-state index is 12.9. The molecular weight excluding hydrogens is 350 g/mol. The highest BCUT2D eigenvalue weighted by atomic mass is 16.5. The van der Waals surface area contributed by atoms with Crippen LogP contribution in [0.15, 0.2) is 60.9 Å². The number of benzene rings is 1. The molecule has 2 aliphatic rings. The third kappa shape index (κ3) is 4.42. The van der Waals surface area contributed by atoms with Gasteiger partial charge in [0.15, 0.2) is 0 Å². The lowest BCUT2D eigenvalue weighted by atomic mass is 9.87. The van der Waals surface area contributed by atoms with Crippen molar-refractivity contribution in [3.8, 4) is 0 Å². The number of carbonyl (C=O) groups is 1. The minimum Gasteiger partial charge on any atom is -0.372 e. The van der Waals surface area contributed by atoms with E-state index < -0.39 is 0 Å². The SMILES string of the molecule is O=C1CC2(CCN(c3ccncc3)CC2)OCCN1C/C=C/c1ccccc1. The third-order valence-electron chi connectivity index (χ3n) is 5.73. The summed E-state index contributed by atoms with van der Waals surface area (Å²) in [5.74, 6) is 0.201. The molecule has 2 aromatic rings.